The van der Waals surface area contributed by atoms with E-state index < -0.39 is 0 Å². The minimum atomic E-state index is -0.0439. The molecule has 0 aromatic carbocycles. The number of aromatic nitrogens is 2. The summed E-state index contributed by atoms with van der Waals surface area (Å²) in [5.74, 6) is 1.31. The van der Waals surface area contributed by atoms with E-state index in [-0.39, 0.29) is 6.10 Å². The van der Waals surface area contributed by atoms with Gasteiger partial charge in [0.15, 0.2) is 5.82 Å². The van der Waals surface area contributed by atoms with Crippen LogP contribution in [0, 0.1) is 0 Å². The fraction of sp³-hybridized carbons (Fsp3) is 0.714. The highest BCUT2D eigenvalue weighted by Crippen LogP contribution is 2.34. The molecule has 1 aromatic rings. The Kier molecular flexibility index (Phi) is 4.01. The van der Waals surface area contributed by atoms with Gasteiger partial charge in [0.1, 0.15) is 11.3 Å². The van der Waals surface area contributed by atoms with Crippen molar-refractivity contribution in [1.82, 2.24) is 14.9 Å². The van der Waals surface area contributed by atoms with Crippen molar-refractivity contribution in [1.29, 1.82) is 0 Å². The van der Waals surface area contributed by atoms with Crippen molar-refractivity contribution in [3.05, 3.63) is 22.7 Å². The van der Waals surface area contributed by atoms with Gasteiger partial charge in [-0.3, -0.25) is 0 Å². The lowest BCUT2D eigenvalue weighted by Crippen LogP contribution is -2.36. The van der Waals surface area contributed by atoms with Crippen LogP contribution in [-0.2, 0) is 4.74 Å². The minimum absolute atomic E-state index is 0.0439. The van der Waals surface area contributed by atoms with Crippen LogP contribution in [-0.4, -0.2) is 41.6 Å². The van der Waals surface area contributed by atoms with Crippen molar-refractivity contribution in [2.24, 2.45) is 0 Å². The van der Waals surface area contributed by atoms with Crippen LogP contribution in [0.2, 0.25) is 5.15 Å². The van der Waals surface area contributed by atoms with E-state index in [0.717, 1.165) is 31.2 Å². The summed E-state index contributed by atoms with van der Waals surface area (Å²) in [7, 11) is 2.10. The zero-order chi connectivity index (χ0) is 13.2. The molecule has 1 aromatic heterocycles. The average molecular weight is 282 g/mol. The number of morpholine rings is 1. The van der Waals surface area contributed by atoms with Crippen LogP contribution in [0.3, 0.4) is 0 Å². The first-order valence-corrected chi connectivity index (χ1v) is 7.44. The summed E-state index contributed by atoms with van der Waals surface area (Å²) < 4.78 is 5.78. The number of likely N-dealkylation sites (N-methyl/N-ethyl adjacent to an activating group) is 1. The summed E-state index contributed by atoms with van der Waals surface area (Å²) in [6.45, 7) is 2.53. The van der Waals surface area contributed by atoms with Gasteiger partial charge in [0, 0.05) is 24.7 Å². The van der Waals surface area contributed by atoms with Gasteiger partial charge in [0.2, 0.25) is 0 Å². The molecule has 1 aliphatic carbocycles. The van der Waals surface area contributed by atoms with Gasteiger partial charge < -0.3 is 9.64 Å². The third-order valence-electron chi connectivity index (χ3n) is 4.06. The first-order valence-electron chi connectivity index (χ1n) is 7.07. The van der Waals surface area contributed by atoms with E-state index in [0.29, 0.717) is 11.1 Å². The predicted octanol–water partition coefficient (Wildman–Crippen LogP) is 2.79. The third-order valence-corrected chi connectivity index (χ3v) is 4.26. The molecular formula is C14H20ClN3O. The number of nitrogens with zero attached hydrogens (tertiary/aromatic N) is 3. The van der Waals surface area contributed by atoms with E-state index in [1.807, 2.05) is 6.07 Å². The van der Waals surface area contributed by atoms with Crippen LogP contribution < -0.4 is 0 Å². The third kappa shape index (κ3) is 3.07. The van der Waals surface area contributed by atoms with E-state index in [4.69, 9.17) is 21.3 Å². The summed E-state index contributed by atoms with van der Waals surface area (Å²) in [5.41, 5.74) is 1.10. The van der Waals surface area contributed by atoms with Crippen molar-refractivity contribution in [3.63, 3.8) is 0 Å². The van der Waals surface area contributed by atoms with E-state index in [1.165, 1.54) is 25.7 Å². The van der Waals surface area contributed by atoms with Crippen LogP contribution in [0.1, 0.15) is 49.2 Å². The molecule has 1 unspecified atom stereocenters. The maximum absolute atomic E-state index is 6.16. The van der Waals surface area contributed by atoms with Gasteiger partial charge in [-0.05, 0) is 26.0 Å². The molecule has 0 radical (unpaired) electrons. The van der Waals surface area contributed by atoms with Crippen LogP contribution in [0.5, 0.6) is 0 Å². The van der Waals surface area contributed by atoms with Crippen molar-refractivity contribution < 1.29 is 4.74 Å². The molecule has 5 heteroatoms. The Labute approximate surface area is 119 Å². The topological polar surface area (TPSA) is 38.2 Å². The van der Waals surface area contributed by atoms with Crippen molar-refractivity contribution in [2.75, 3.05) is 26.7 Å². The van der Waals surface area contributed by atoms with Gasteiger partial charge >= 0.3 is 0 Å². The number of ether oxygens (including phenoxy) is 1. The van der Waals surface area contributed by atoms with Crippen LogP contribution in [0.15, 0.2) is 6.07 Å². The summed E-state index contributed by atoms with van der Waals surface area (Å²) in [6, 6.07) is 1.92. The molecule has 0 bridgehead atoms. The Morgan fingerprint density at radius 3 is 2.84 bits per heavy atom. The lowest BCUT2D eigenvalue weighted by Gasteiger charge is -2.29. The Morgan fingerprint density at radius 2 is 2.11 bits per heavy atom. The molecule has 0 spiro atoms. The molecule has 104 valence electrons. The second-order valence-electron chi connectivity index (χ2n) is 5.58. The molecule has 2 fully saturated rings. The quantitative estimate of drug-likeness (QED) is 0.782. The van der Waals surface area contributed by atoms with E-state index in [2.05, 4.69) is 16.9 Å². The summed E-state index contributed by atoms with van der Waals surface area (Å²) >= 11 is 6.16. The molecule has 2 aliphatic rings. The molecule has 0 amide bonds. The van der Waals surface area contributed by atoms with Crippen LogP contribution in [0.25, 0.3) is 0 Å². The molecule has 2 heterocycles. The van der Waals surface area contributed by atoms with Gasteiger partial charge in [-0.2, -0.15) is 0 Å². The zero-order valence-electron chi connectivity index (χ0n) is 11.3. The van der Waals surface area contributed by atoms with Crippen LogP contribution in [0.4, 0.5) is 0 Å². The maximum Gasteiger partial charge on any atom is 0.160 e. The van der Waals surface area contributed by atoms with Gasteiger partial charge in [-0.25, -0.2) is 9.97 Å². The molecule has 19 heavy (non-hydrogen) atoms. The second kappa shape index (κ2) is 5.73. The largest absolute Gasteiger partial charge is 0.368 e. The highest BCUT2D eigenvalue weighted by molar-refractivity contribution is 6.29. The van der Waals surface area contributed by atoms with E-state index in [9.17, 15) is 0 Å². The van der Waals surface area contributed by atoms with Gasteiger partial charge in [0.05, 0.1) is 6.61 Å². The Hall–Kier alpha value is -0.710. The summed E-state index contributed by atoms with van der Waals surface area (Å²) in [6.07, 6.45) is 4.99. The molecular weight excluding hydrogens is 262 g/mol. The fourth-order valence-corrected chi connectivity index (χ4v) is 3.16. The zero-order valence-corrected chi connectivity index (χ0v) is 12.1. The normalized spacial score (nSPS) is 25.9. The van der Waals surface area contributed by atoms with Crippen molar-refractivity contribution >= 4 is 11.6 Å². The fourth-order valence-electron chi connectivity index (χ4n) is 2.96. The Balaban J connectivity index is 1.84. The van der Waals surface area contributed by atoms with Gasteiger partial charge in [0.25, 0.3) is 0 Å². The standard InChI is InChI=1S/C14H20ClN3O/c1-18-6-7-19-12(9-18)14-16-11(8-13(15)17-14)10-4-2-3-5-10/h8,10,12H,2-7,9H2,1H3. The van der Waals surface area contributed by atoms with Crippen LogP contribution >= 0.6 is 11.6 Å². The predicted molar refractivity (Wildman–Crippen MR) is 74.4 cm³/mol. The summed E-state index contributed by atoms with van der Waals surface area (Å²) in [4.78, 5) is 11.3. The molecule has 3 rings (SSSR count). The maximum atomic E-state index is 6.16. The second-order valence-corrected chi connectivity index (χ2v) is 5.96. The molecule has 1 saturated heterocycles. The first-order chi connectivity index (χ1) is 9.22. The van der Waals surface area contributed by atoms with Crippen molar-refractivity contribution in [2.45, 2.75) is 37.7 Å². The first kappa shape index (κ1) is 13.3. The van der Waals surface area contributed by atoms with Gasteiger partial charge in [-0.15, -0.1) is 0 Å². The highest BCUT2D eigenvalue weighted by Gasteiger charge is 2.25. The monoisotopic (exact) mass is 281 g/mol. The molecule has 1 aliphatic heterocycles. The lowest BCUT2D eigenvalue weighted by molar-refractivity contribution is -0.0256. The summed E-state index contributed by atoms with van der Waals surface area (Å²) in [5, 5.41) is 0.545. The van der Waals surface area contributed by atoms with E-state index in [1.54, 1.807) is 0 Å². The number of halogens is 1. The van der Waals surface area contributed by atoms with Gasteiger partial charge in [-0.1, -0.05) is 24.4 Å². The number of hydrogen-bond acceptors (Lipinski definition) is 4. The molecule has 4 nitrogen and oxygen atoms in total. The Morgan fingerprint density at radius 1 is 1.32 bits per heavy atom. The van der Waals surface area contributed by atoms with Crippen molar-refractivity contribution in [3.8, 4) is 0 Å². The number of hydrogen-bond donors (Lipinski definition) is 0. The molecule has 0 N–H and O–H groups in total. The number of rotatable bonds is 2. The highest BCUT2D eigenvalue weighted by atomic mass is 35.5. The SMILES string of the molecule is CN1CCOC(c2nc(Cl)cc(C3CCCC3)n2)C1. The molecule has 1 atom stereocenters. The average Bonchev–Trinajstić information content (AvgIpc) is 2.92. The van der Waals surface area contributed by atoms with E-state index >= 15 is 0 Å². The lowest BCUT2D eigenvalue weighted by atomic mass is 10.0. The molecule has 1 saturated carbocycles. The smallest absolute Gasteiger partial charge is 0.160 e. The Bertz CT molecular complexity index is 448. The minimum Gasteiger partial charge on any atom is -0.368 e.